The minimum Gasteiger partial charge on any atom is -0.383 e. The Morgan fingerprint density at radius 1 is 1.25 bits per heavy atom. The first-order valence-corrected chi connectivity index (χ1v) is 6.06. The molecule has 2 N–H and O–H groups in total. The molecule has 1 aromatic heterocycles. The monoisotopic (exact) mass is 220 g/mol. The van der Waals surface area contributed by atoms with E-state index in [0.29, 0.717) is 11.7 Å². The van der Waals surface area contributed by atoms with Crippen molar-refractivity contribution in [2.75, 3.05) is 23.7 Å². The molecule has 88 valence electrons. The maximum Gasteiger partial charge on any atom is 0.137 e. The zero-order valence-corrected chi connectivity index (χ0v) is 10.3. The van der Waals surface area contributed by atoms with Gasteiger partial charge in [-0.1, -0.05) is 0 Å². The van der Waals surface area contributed by atoms with E-state index in [1.165, 1.54) is 12.8 Å². The fraction of sp³-hybridized carbons (Fsp3) is 0.667. The highest BCUT2D eigenvalue weighted by molar-refractivity contribution is 5.56. The molecule has 2 rings (SSSR count). The summed E-state index contributed by atoms with van der Waals surface area (Å²) >= 11 is 0. The van der Waals surface area contributed by atoms with E-state index in [1.54, 1.807) is 0 Å². The van der Waals surface area contributed by atoms with Gasteiger partial charge in [-0.3, -0.25) is 0 Å². The fourth-order valence-electron chi connectivity index (χ4n) is 1.89. The summed E-state index contributed by atoms with van der Waals surface area (Å²) in [6.07, 6.45) is 2.42. The van der Waals surface area contributed by atoms with Crippen LogP contribution in [0.25, 0.3) is 0 Å². The van der Waals surface area contributed by atoms with Crippen LogP contribution in [0.1, 0.15) is 44.0 Å². The van der Waals surface area contributed by atoms with Gasteiger partial charge in [0.05, 0.1) is 0 Å². The summed E-state index contributed by atoms with van der Waals surface area (Å²) < 4.78 is 0. The molecule has 4 heteroatoms. The van der Waals surface area contributed by atoms with Crippen LogP contribution >= 0.6 is 0 Å². The number of rotatable bonds is 4. The molecule has 0 atom stereocenters. The summed E-state index contributed by atoms with van der Waals surface area (Å²) in [5.41, 5.74) is 6.96. The van der Waals surface area contributed by atoms with E-state index in [9.17, 15) is 0 Å². The van der Waals surface area contributed by atoms with E-state index in [0.717, 1.165) is 30.3 Å². The van der Waals surface area contributed by atoms with E-state index >= 15 is 0 Å². The third kappa shape index (κ3) is 1.96. The van der Waals surface area contributed by atoms with Gasteiger partial charge in [-0.15, -0.1) is 0 Å². The molecule has 0 bridgehead atoms. The van der Waals surface area contributed by atoms with Crippen LogP contribution in [0.4, 0.5) is 11.6 Å². The predicted molar refractivity (Wildman–Crippen MR) is 66.7 cm³/mol. The molecule has 0 amide bonds. The van der Waals surface area contributed by atoms with Gasteiger partial charge in [0, 0.05) is 24.6 Å². The average molecular weight is 220 g/mol. The first-order valence-electron chi connectivity index (χ1n) is 6.06. The molecule has 0 saturated heterocycles. The molecule has 0 aliphatic heterocycles. The van der Waals surface area contributed by atoms with Crippen molar-refractivity contribution in [1.82, 2.24) is 9.97 Å². The van der Waals surface area contributed by atoms with Crippen molar-refractivity contribution in [1.29, 1.82) is 0 Å². The van der Waals surface area contributed by atoms with E-state index in [1.807, 2.05) is 6.92 Å². The van der Waals surface area contributed by atoms with E-state index in [2.05, 4.69) is 28.7 Å². The highest BCUT2D eigenvalue weighted by Crippen LogP contribution is 2.39. The highest BCUT2D eigenvalue weighted by Gasteiger charge is 2.28. The standard InChI is InChI=1S/C12H20N4/c1-4-16(5-2)12-8(3)10(13)14-11(15-12)9-6-7-9/h9H,4-7H2,1-3H3,(H2,13,14,15). The largest absolute Gasteiger partial charge is 0.383 e. The Hall–Kier alpha value is -1.32. The van der Waals surface area contributed by atoms with Crippen LogP contribution in [-0.4, -0.2) is 23.1 Å². The van der Waals surface area contributed by atoms with Crippen LogP contribution < -0.4 is 10.6 Å². The van der Waals surface area contributed by atoms with E-state index < -0.39 is 0 Å². The lowest BCUT2D eigenvalue weighted by Gasteiger charge is -2.22. The third-order valence-corrected chi connectivity index (χ3v) is 3.18. The summed E-state index contributed by atoms with van der Waals surface area (Å²) in [4.78, 5) is 11.3. The van der Waals surface area contributed by atoms with Crippen molar-refractivity contribution < 1.29 is 0 Å². The number of nitrogens with two attached hydrogens (primary N) is 1. The number of anilines is 2. The van der Waals surface area contributed by atoms with Gasteiger partial charge in [-0.05, 0) is 33.6 Å². The molecule has 0 spiro atoms. The maximum atomic E-state index is 5.96. The zero-order chi connectivity index (χ0) is 11.7. The van der Waals surface area contributed by atoms with Gasteiger partial charge in [0.1, 0.15) is 17.5 Å². The normalized spacial score (nSPS) is 15.2. The number of aromatic nitrogens is 2. The van der Waals surface area contributed by atoms with E-state index in [4.69, 9.17) is 5.73 Å². The molecule has 1 aliphatic carbocycles. The Morgan fingerprint density at radius 3 is 2.38 bits per heavy atom. The first-order chi connectivity index (χ1) is 7.67. The lowest BCUT2D eigenvalue weighted by Crippen LogP contribution is -2.25. The van der Waals surface area contributed by atoms with Crippen molar-refractivity contribution in [2.45, 2.75) is 39.5 Å². The number of nitrogen functional groups attached to an aromatic ring is 1. The molecule has 1 aromatic rings. The van der Waals surface area contributed by atoms with Gasteiger partial charge in [-0.25, -0.2) is 9.97 Å². The lowest BCUT2D eigenvalue weighted by atomic mass is 10.2. The van der Waals surface area contributed by atoms with Crippen LogP contribution in [0.5, 0.6) is 0 Å². The Morgan fingerprint density at radius 2 is 1.88 bits per heavy atom. The molecule has 4 nitrogen and oxygen atoms in total. The second kappa shape index (κ2) is 4.28. The summed E-state index contributed by atoms with van der Waals surface area (Å²) in [5.74, 6) is 3.14. The Kier molecular flexibility index (Phi) is 2.99. The Balaban J connectivity index is 2.41. The summed E-state index contributed by atoms with van der Waals surface area (Å²) in [6, 6.07) is 0. The van der Waals surface area contributed by atoms with Gasteiger partial charge >= 0.3 is 0 Å². The van der Waals surface area contributed by atoms with Crippen LogP contribution in [-0.2, 0) is 0 Å². The predicted octanol–water partition coefficient (Wildman–Crippen LogP) is 2.09. The second-order valence-corrected chi connectivity index (χ2v) is 4.36. The van der Waals surface area contributed by atoms with Crippen molar-refractivity contribution in [3.63, 3.8) is 0 Å². The van der Waals surface area contributed by atoms with Crippen molar-refractivity contribution in [2.24, 2.45) is 0 Å². The maximum absolute atomic E-state index is 5.96. The number of hydrogen-bond acceptors (Lipinski definition) is 4. The first kappa shape index (κ1) is 11.2. The highest BCUT2D eigenvalue weighted by atomic mass is 15.2. The average Bonchev–Trinajstić information content (AvgIpc) is 3.09. The smallest absolute Gasteiger partial charge is 0.137 e. The molecule has 0 aromatic carbocycles. The van der Waals surface area contributed by atoms with Gasteiger partial charge < -0.3 is 10.6 Å². The summed E-state index contributed by atoms with van der Waals surface area (Å²) in [7, 11) is 0. The summed E-state index contributed by atoms with van der Waals surface area (Å²) in [5, 5.41) is 0. The lowest BCUT2D eigenvalue weighted by molar-refractivity contribution is 0.815. The van der Waals surface area contributed by atoms with Gasteiger partial charge in [-0.2, -0.15) is 0 Å². The van der Waals surface area contributed by atoms with Crippen molar-refractivity contribution >= 4 is 11.6 Å². The molecule has 1 saturated carbocycles. The fourth-order valence-corrected chi connectivity index (χ4v) is 1.89. The number of nitrogens with zero attached hydrogens (tertiary/aromatic N) is 3. The molecule has 0 unspecified atom stereocenters. The second-order valence-electron chi connectivity index (χ2n) is 4.36. The molecular formula is C12H20N4. The topological polar surface area (TPSA) is 55.0 Å². The van der Waals surface area contributed by atoms with Crippen LogP contribution in [0.3, 0.4) is 0 Å². The van der Waals surface area contributed by atoms with Crippen molar-refractivity contribution in [3.8, 4) is 0 Å². The van der Waals surface area contributed by atoms with Crippen molar-refractivity contribution in [3.05, 3.63) is 11.4 Å². The van der Waals surface area contributed by atoms with E-state index in [-0.39, 0.29) is 0 Å². The van der Waals surface area contributed by atoms with Crippen LogP contribution in [0.15, 0.2) is 0 Å². The SMILES string of the molecule is CCN(CC)c1nc(C2CC2)nc(N)c1C. The molecule has 1 fully saturated rings. The van der Waals surface area contributed by atoms with Crippen LogP contribution in [0, 0.1) is 6.92 Å². The third-order valence-electron chi connectivity index (χ3n) is 3.18. The molecular weight excluding hydrogens is 200 g/mol. The van der Waals surface area contributed by atoms with Crippen LogP contribution in [0.2, 0.25) is 0 Å². The Labute approximate surface area is 96.9 Å². The minimum absolute atomic E-state index is 0.553. The summed E-state index contributed by atoms with van der Waals surface area (Å²) in [6.45, 7) is 8.19. The zero-order valence-electron chi connectivity index (χ0n) is 10.3. The Bertz CT molecular complexity index is 381. The minimum atomic E-state index is 0.553. The van der Waals surface area contributed by atoms with Gasteiger partial charge in [0.15, 0.2) is 0 Å². The quantitative estimate of drug-likeness (QED) is 0.844. The van der Waals surface area contributed by atoms with Gasteiger partial charge in [0.25, 0.3) is 0 Å². The van der Waals surface area contributed by atoms with Gasteiger partial charge in [0.2, 0.25) is 0 Å². The molecule has 1 heterocycles. The molecule has 0 radical (unpaired) electrons. The number of hydrogen-bond donors (Lipinski definition) is 1. The molecule has 1 aliphatic rings. The molecule has 16 heavy (non-hydrogen) atoms.